The number of amides is 1. The third-order valence-electron chi connectivity index (χ3n) is 3.99. The van der Waals surface area contributed by atoms with Crippen molar-refractivity contribution in [2.75, 3.05) is 25.0 Å². The largest absolute Gasteiger partial charge is 0.385 e. The van der Waals surface area contributed by atoms with E-state index >= 15 is 0 Å². The van der Waals surface area contributed by atoms with Gasteiger partial charge in [0.25, 0.3) is 0 Å². The zero-order chi connectivity index (χ0) is 20.4. The van der Waals surface area contributed by atoms with Gasteiger partial charge in [-0.05, 0) is 37.6 Å². The maximum absolute atomic E-state index is 12.2. The summed E-state index contributed by atoms with van der Waals surface area (Å²) < 4.78 is 26.8. The summed E-state index contributed by atoms with van der Waals surface area (Å²) in [5.74, 6) is -0.345. The molecular weight excluding hydrogens is 378 g/mol. The Morgan fingerprint density at radius 1 is 0.893 bits per heavy atom. The Morgan fingerprint density at radius 3 is 2.21 bits per heavy atom. The molecule has 0 unspecified atom stereocenters. The van der Waals surface area contributed by atoms with E-state index in [4.69, 9.17) is 0 Å². The van der Waals surface area contributed by atoms with Crippen LogP contribution in [0.3, 0.4) is 0 Å². The second kappa shape index (κ2) is 10.6. The fourth-order valence-corrected chi connectivity index (χ4v) is 3.48. The molecule has 8 heteroatoms. The molecule has 0 atom stereocenters. The highest BCUT2D eigenvalue weighted by molar-refractivity contribution is 7.89. The van der Waals surface area contributed by atoms with Crippen molar-refractivity contribution >= 4 is 27.4 Å². The highest BCUT2D eigenvalue weighted by Crippen LogP contribution is 2.11. The van der Waals surface area contributed by atoms with Gasteiger partial charge in [0, 0.05) is 37.3 Å². The number of carbonyl (C=O) groups excluding carboxylic acids is 2. The minimum absolute atomic E-state index is 0.00485. The Balaban J connectivity index is 1.64. The highest BCUT2D eigenvalue weighted by Gasteiger charge is 2.14. The maximum atomic E-state index is 12.2. The molecule has 0 saturated heterocycles. The summed E-state index contributed by atoms with van der Waals surface area (Å²) in [6.07, 6.45) is 0.811. The molecule has 7 nitrogen and oxygen atoms in total. The van der Waals surface area contributed by atoms with E-state index in [0.29, 0.717) is 12.1 Å². The number of carbonyl (C=O) groups is 2. The van der Waals surface area contributed by atoms with Gasteiger partial charge < -0.3 is 10.6 Å². The molecule has 0 bridgehead atoms. The van der Waals surface area contributed by atoms with Crippen molar-refractivity contribution in [1.82, 2.24) is 10.0 Å². The quantitative estimate of drug-likeness (QED) is 0.394. The molecule has 28 heavy (non-hydrogen) atoms. The molecule has 0 fully saturated rings. The molecule has 0 radical (unpaired) electrons. The lowest BCUT2D eigenvalue weighted by atomic mass is 10.2. The number of ketones is 1. The molecule has 3 N–H and O–H groups in total. The van der Waals surface area contributed by atoms with Gasteiger partial charge in [-0.2, -0.15) is 0 Å². The Labute approximate surface area is 165 Å². The Bertz CT molecular complexity index is 881. The monoisotopic (exact) mass is 403 g/mol. The molecule has 0 aromatic heterocycles. The predicted molar refractivity (Wildman–Crippen MR) is 109 cm³/mol. The van der Waals surface area contributed by atoms with Gasteiger partial charge in [0.2, 0.25) is 15.9 Å². The second-order valence-electron chi connectivity index (χ2n) is 6.22. The van der Waals surface area contributed by atoms with Gasteiger partial charge in [-0.3, -0.25) is 9.59 Å². The number of anilines is 1. The molecule has 0 aliphatic carbocycles. The Morgan fingerprint density at radius 2 is 1.57 bits per heavy atom. The number of hydrogen-bond acceptors (Lipinski definition) is 5. The van der Waals surface area contributed by atoms with Crippen molar-refractivity contribution in [2.24, 2.45) is 0 Å². The molecule has 0 spiro atoms. The van der Waals surface area contributed by atoms with E-state index in [9.17, 15) is 18.0 Å². The molecular formula is C20H25N3O4S. The van der Waals surface area contributed by atoms with Crippen LogP contribution in [0.1, 0.15) is 30.1 Å². The fraction of sp³-hybridized carbons (Fsp3) is 0.300. The molecule has 1 amide bonds. The first kappa shape index (κ1) is 21.6. The van der Waals surface area contributed by atoms with Gasteiger partial charge in [0.15, 0.2) is 5.78 Å². The summed E-state index contributed by atoms with van der Waals surface area (Å²) in [6, 6.07) is 15.5. The molecule has 0 aliphatic heterocycles. The molecule has 2 aromatic rings. The van der Waals surface area contributed by atoms with E-state index in [2.05, 4.69) is 15.4 Å². The van der Waals surface area contributed by atoms with Crippen LogP contribution in [0.2, 0.25) is 0 Å². The van der Waals surface area contributed by atoms with Gasteiger partial charge in [0.1, 0.15) is 0 Å². The van der Waals surface area contributed by atoms with Crippen LogP contribution in [0.5, 0.6) is 0 Å². The summed E-state index contributed by atoms with van der Waals surface area (Å²) in [4.78, 5) is 23.1. The summed E-state index contributed by atoms with van der Waals surface area (Å²) in [7, 11) is -3.71. The molecule has 0 saturated carbocycles. The lowest BCUT2D eigenvalue weighted by Gasteiger charge is -2.09. The van der Waals surface area contributed by atoms with E-state index in [0.717, 1.165) is 18.7 Å². The van der Waals surface area contributed by atoms with Crippen LogP contribution in [-0.4, -0.2) is 39.7 Å². The predicted octanol–water partition coefficient (Wildman–Crippen LogP) is 2.18. The van der Waals surface area contributed by atoms with Gasteiger partial charge in [0.05, 0.1) is 4.90 Å². The minimum Gasteiger partial charge on any atom is -0.385 e. The number of para-hydroxylation sites is 1. The topological polar surface area (TPSA) is 104 Å². The molecule has 0 heterocycles. The number of benzene rings is 2. The van der Waals surface area contributed by atoms with E-state index < -0.39 is 10.0 Å². The fourth-order valence-electron chi connectivity index (χ4n) is 2.44. The highest BCUT2D eigenvalue weighted by atomic mass is 32.2. The van der Waals surface area contributed by atoms with Crippen molar-refractivity contribution in [3.63, 3.8) is 0 Å². The van der Waals surface area contributed by atoms with E-state index in [1.54, 1.807) is 0 Å². The SMILES string of the molecule is CC(=O)c1ccc(S(=O)(=O)NCCC(=O)NCCCNc2ccccc2)cc1. The van der Waals surface area contributed by atoms with Gasteiger partial charge in [-0.15, -0.1) is 0 Å². The van der Waals surface area contributed by atoms with Crippen LogP contribution in [0, 0.1) is 0 Å². The lowest BCUT2D eigenvalue weighted by Crippen LogP contribution is -2.31. The number of rotatable bonds is 11. The van der Waals surface area contributed by atoms with Crippen molar-refractivity contribution < 1.29 is 18.0 Å². The Kier molecular flexibility index (Phi) is 8.16. The molecule has 0 aliphatic rings. The lowest BCUT2D eigenvalue weighted by molar-refractivity contribution is -0.120. The number of sulfonamides is 1. The first-order valence-corrected chi connectivity index (χ1v) is 10.5. The Hall–Kier alpha value is -2.71. The molecule has 2 aromatic carbocycles. The summed E-state index contributed by atoms with van der Waals surface area (Å²) in [6.45, 7) is 2.66. The minimum atomic E-state index is -3.71. The number of hydrogen-bond donors (Lipinski definition) is 3. The van der Waals surface area contributed by atoms with E-state index in [-0.39, 0.29) is 29.6 Å². The summed E-state index contributed by atoms with van der Waals surface area (Å²) in [5, 5.41) is 6.01. The van der Waals surface area contributed by atoms with Crippen molar-refractivity contribution in [2.45, 2.75) is 24.7 Å². The average Bonchev–Trinajstić information content (AvgIpc) is 2.68. The van der Waals surface area contributed by atoms with Crippen LogP contribution in [0.15, 0.2) is 59.5 Å². The van der Waals surface area contributed by atoms with E-state index in [1.165, 1.54) is 31.2 Å². The van der Waals surface area contributed by atoms with Gasteiger partial charge in [-0.1, -0.05) is 30.3 Å². The third-order valence-corrected chi connectivity index (χ3v) is 5.47. The van der Waals surface area contributed by atoms with Crippen LogP contribution in [-0.2, 0) is 14.8 Å². The zero-order valence-electron chi connectivity index (χ0n) is 15.8. The van der Waals surface area contributed by atoms with Gasteiger partial charge in [-0.25, -0.2) is 13.1 Å². The average molecular weight is 404 g/mol. The summed E-state index contributed by atoms with van der Waals surface area (Å²) in [5.41, 5.74) is 1.47. The van der Waals surface area contributed by atoms with Crippen molar-refractivity contribution in [3.05, 3.63) is 60.2 Å². The van der Waals surface area contributed by atoms with Gasteiger partial charge >= 0.3 is 0 Å². The van der Waals surface area contributed by atoms with Crippen LogP contribution < -0.4 is 15.4 Å². The molecule has 150 valence electrons. The first-order valence-electron chi connectivity index (χ1n) is 9.05. The third kappa shape index (κ3) is 7.13. The van der Waals surface area contributed by atoms with Crippen LogP contribution in [0.25, 0.3) is 0 Å². The van der Waals surface area contributed by atoms with Crippen molar-refractivity contribution in [1.29, 1.82) is 0 Å². The summed E-state index contributed by atoms with van der Waals surface area (Å²) >= 11 is 0. The molecule has 2 rings (SSSR count). The van der Waals surface area contributed by atoms with E-state index in [1.807, 2.05) is 30.3 Å². The smallest absolute Gasteiger partial charge is 0.240 e. The number of nitrogens with one attached hydrogen (secondary N) is 3. The zero-order valence-corrected chi connectivity index (χ0v) is 16.6. The second-order valence-corrected chi connectivity index (χ2v) is 7.99. The standard InChI is InChI=1S/C20H25N3O4S/c1-16(24)17-8-10-19(11-9-17)28(26,27)23-15-12-20(25)22-14-5-13-21-18-6-3-2-4-7-18/h2-4,6-11,21,23H,5,12-15H2,1H3,(H,22,25). The maximum Gasteiger partial charge on any atom is 0.240 e. The normalized spacial score (nSPS) is 11.0. The number of Topliss-reactive ketones (excluding diaryl/α,β-unsaturated/α-hetero) is 1. The van der Waals surface area contributed by atoms with Crippen LogP contribution >= 0.6 is 0 Å². The van der Waals surface area contributed by atoms with Crippen molar-refractivity contribution in [3.8, 4) is 0 Å². The first-order chi connectivity index (χ1) is 13.4. The van der Waals surface area contributed by atoms with Crippen LogP contribution in [0.4, 0.5) is 5.69 Å².